The third-order valence-corrected chi connectivity index (χ3v) is 2.99. The molecular weight excluding hydrogens is 292 g/mol. The quantitative estimate of drug-likeness (QED) is 0.857. The van der Waals surface area contributed by atoms with Gasteiger partial charge in [-0.1, -0.05) is 18.5 Å². The molecule has 112 valence electrons. The number of hydrogen-bond donors (Lipinski definition) is 2. The zero-order chi connectivity index (χ0) is 15.2. The van der Waals surface area contributed by atoms with Crippen LogP contribution in [-0.4, -0.2) is 22.4 Å². The number of nitrogens with zero attached hydrogens (tertiary/aromatic N) is 2. The van der Waals surface area contributed by atoms with Crippen LogP contribution in [0, 0.1) is 6.92 Å². The van der Waals surface area contributed by atoms with Gasteiger partial charge in [-0.2, -0.15) is 0 Å². The lowest BCUT2D eigenvalue weighted by Crippen LogP contribution is -2.24. The number of aromatic nitrogens is 2. The van der Waals surface area contributed by atoms with Gasteiger partial charge in [0.2, 0.25) is 5.89 Å². The molecule has 2 aromatic heterocycles. The average molecular weight is 309 g/mol. The first-order valence-electron chi connectivity index (χ1n) is 6.70. The summed E-state index contributed by atoms with van der Waals surface area (Å²) in [4.78, 5) is 20.4. The van der Waals surface area contributed by atoms with Gasteiger partial charge in [-0.25, -0.2) is 9.97 Å². The molecule has 0 saturated carbocycles. The number of anilines is 1. The second kappa shape index (κ2) is 7.08. The summed E-state index contributed by atoms with van der Waals surface area (Å²) in [6.07, 6.45) is 2.57. The second-order valence-corrected chi connectivity index (χ2v) is 4.91. The molecule has 0 atom stereocenters. The molecule has 6 nitrogen and oxygen atoms in total. The van der Waals surface area contributed by atoms with Gasteiger partial charge in [0.05, 0.1) is 17.8 Å². The van der Waals surface area contributed by atoms with Crippen molar-refractivity contribution < 1.29 is 9.21 Å². The highest BCUT2D eigenvalue weighted by atomic mass is 35.5. The van der Waals surface area contributed by atoms with Gasteiger partial charge in [0.15, 0.2) is 0 Å². The second-order valence-electron chi connectivity index (χ2n) is 4.50. The molecule has 0 aliphatic heterocycles. The summed E-state index contributed by atoms with van der Waals surface area (Å²) >= 11 is 6.02. The van der Waals surface area contributed by atoms with E-state index in [1.54, 1.807) is 25.3 Å². The Balaban J connectivity index is 2.03. The molecule has 0 fully saturated rings. The number of oxazole rings is 1. The zero-order valence-electron chi connectivity index (χ0n) is 11.9. The summed E-state index contributed by atoms with van der Waals surface area (Å²) < 4.78 is 5.29. The predicted molar refractivity (Wildman–Crippen MR) is 80.4 cm³/mol. The first-order valence-corrected chi connectivity index (χ1v) is 7.08. The van der Waals surface area contributed by atoms with Gasteiger partial charge >= 0.3 is 0 Å². The Kier molecular flexibility index (Phi) is 5.16. The van der Waals surface area contributed by atoms with E-state index >= 15 is 0 Å². The molecule has 0 aliphatic carbocycles. The zero-order valence-corrected chi connectivity index (χ0v) is 12.7. The smallest absolute Gasteiger partial charge is 0.271 e. The van der Waals surface area contributed by atoms with Crippen molar-refractivity contribution >= 4 is 23.3 Å². The van der Waals surface area contributed by atoms with E-state index in [1.165, 1.54) is 0 Å². The monoisotopic (exact) mass is 308 g/mol. The Hall–Kier alpha value is -2.08. The van der Waals surface area contributed by atoms with Crippen molar-refractivity contribution in [3.05, 3.63) is 40.7 Å². The molecule has 2 N–H and O–H groups in total. The first kappa shape index (κ1) is 15.3. The highest BCUT2D eigenvalue weighted by molar-refractivity contribution is 6.33. The number of carbonyl (C=O) groups excluding carboxylic acids is 1. The molecule has 1 amide bonds. The van der Waals surface area contributed by atoms with Crippen molar-refractivity contribution in [2.45, 2.75) is 26.8 Å². The minimum absolute atomic E-state index is 0.182. The fourth-order valence-electron chi connectivity index (χ4n) is 1.68. The van der Waals surface area contributed by atoms with E-state index in [2.05, 4.69) is 27.5 Å². The van der Waals surface area contributed by atoms with Crippen molar-refractivity contribution in [3.8, 4) is 0 Å². The predicted octanol–water partition coefficient (Wildman–Crippen LogP) is 2.78. The highest BCUT2D eigenvalue weighted by Crippen LogP contribution is 2.17. The van der Waals surface area contributed by atoms with Crippen molar-refractivity contribution in [1.29, 1.82) is 0 Å². The molecule has 0 saturated heterocycles. The molecule has 0 radical (unpaired) electrons. The van der Waals surface area contributed by atoms with Crippen LogP contribution in [0.4, 0.5) is 5.82 Å². The minimum atomic E-state index is -0.365. The van der Waals surface area contributed by atoms with E-state index < -0.39 is 0 Å². The molecule has 21 heavy (non-hydrogen) atoms. The van der Waals surface area contributed by atoms with Crippen LogP contribution in [0.25, 0.3) is 0 Å². The lowest BCUT2D eigenvalue weighted by molar-refractivity contribution is 0.0942. The first-order chi connectivity index (χ1) is 10.1. The number of hydrogen-bond acceptors (Lipinski definition) is 5. The molecule has 7 heteroatoms. The van der Waals surface area contributed by atoms with Crippen LogP contribution in [-0.2, 0) is 6.54 Å². The maximum atomic E-state index is 12.1. The van der Waals surface area contributed by atoms with Gasteiger partial charge in [-0.15, -0.1) is 0 Å². The van der Waals surface area contributed by atoms with Crippen LogP contribution in [0.1, 0.15) is 35.5 Å². The lowest BCUT2D eigenvalue weighted by Gasteiger charge is -2.08. The molecule has 0 unspecified atom stereocenters. The lowest BCUT2D eigenvalue weighted by atomic mass is 10.3. The summed E-state index contributed by atoms with van der Waals surface area (Å²) in [5.41, 5.74) is 0.182. The van der Waals surface area contributed by atoms with Crippen LogP contribution >= 0.6 is 11.6 Å². The van der Waals surface area contributed by atoms with E-state index in [0.717, 1.165) is 13.0 Å². The Morgan fingerprint density at radius 3 is 2.90 bits per heavy atom. The Morgan fingerprint density at radius 1 is 1.43 bits per heavy atom. The number of pyridine rings is 1. The Bertz CT molecular complexity index is 627. The summed E-state index contributed by atoms with van der Waals surface area (Å²) in [5.74, 6) is 1.40. The number of nitrogens with one attached hydrogen (secondary N) is 2. The molecule has 2 heterocycles. The maximum Gasteiger partial charge on any atom is 0.271 e. The normalized spacial score (nSPS) is 10.4. The van der Waals surface area contributed by atoms with Gasteiger partial charge in [-0.05, 0) is 25.5 Å². The number of aryl methyl sites for hydroxylation is 1. The summed E-state index contributed by atoms with van der Waals surface area (Å²) in [6.45, 7) is 4.82. The van der Waals surface area contributed by atoms with Crippen molar-refractivity contribution in [2.75, 3.05) is 11.9 Å². The fraction of sp³-hybridized carbons (Fsp3) is 0.357. The van der Waals surface area contributed by atoms with Crippen LogP contribution in [0.2, 0.25) is 5.02 Å². The van der Waals surface area contributed by atoms with Gasteiger partial charge in [0, 0.05) is 6.54 Å². The van der Waals surface area contributed by atoms with Crippen LogP contribution in [0.5, 0.6) is 0 Å². The number of amides is 1. The van der Waals surface area contributed by atoms with Gasteiger partial charge in [0.1, 0.15) is 17.3 Å². The summed E-state index contributed by atoms with van der Waals surface area (Å²) in [7, 11) is 0. The van der Waals surface area contributed by atoms with Crippen molar-refractivity contribution in [3.63, 3.8) is 0 Å². The molecule has 0 spiro atoms. The SMILES string of the molecule is CCCNc1ccc(Cl)c(C(=O)NCc2ncc(C)o2)n1. The minimum Gasteiger partial charge on any atom is -0.444 e. The third kappa shape index (κ3) is 4.19. The van der Waals surface area contributed by atoms with E-state index in [1.807, 2.05) is 0 Å². The molecule has 0 bridgehead atoms. The number of halogens is 1. The van der Waals surface area contributed by atoms with Gasteiger partial charge in [0.25, 0.3) is 5.91 Å². The largest absolute Gasteiger partial charge is 0.444 e. The van der Waals surface area contributed by atoms with Gasteiger partial charge < -0.3 is 15.1 Å². The standard InChI is InChI=1S/C14H17ClN4O2/c1-3-6-16-11-5-4-10(15)13(19-11)14(20)18-8-12-17-7-9(2)21-12/h4-5,7H,3,6,8H2,1-2H3,(H,16,19)(H,18,20). The van der Waals surface area contributed by atoms with E-state index in [9.17, 15) is 4.79 Å². The average Bonchev–Trinajstić information content (AvgIpc) is 2.89. The summed E-state index contributed by atoms with van der Waals surface area (Å²) in [6, 6.07) is 3.39. The number of carbonyl (C=O) groups is 1. The summed E-state index contributed by atoms with van der Waals surface area (Å²) in [5, 5.41) is 6.10. The highest BCUT2D eigenvalue weighted by Gasteiger charge is 2.14. The molecule has 0 aliphatic rings. The number of rotatable bonds is 6. The Morgan fingerprint density at radius 2 is 2.24 bits per heavy atom. The topological polar surface area (TPSA) is 80.0 Å². The van der Waals surface area contributed by atoms with Crippen molar-refractivity contribution in [2.24, 2.45) is 0 Å². The van der Waals surface area contributed by atoms with Crippen LogP contribution in [0.3, 0.4) is 0 Å². The third-order valence-electron chi connectivity index (χ3n) is 2.69. The Labute approximate surface area is 127 Å². The maximum absolute atomic E-state index is 12.1. The van der Waals surface area contributed by atoms with Crippen LogP contribution < -0.4 is 10.6 Å². The van der Waals surface area contributed by atoms with E-state index in [4.69, 9.17) is 16.0 Å². The fourth-order valence-corrected chi connectivity index (χ4v) is 1.87. The van der Waals surface area contributed by atoms with Crippen LogP contribution in [0.15, 0.2) is 22.7 Å². The molecule has 2 rings (SSSR count). The van der Waals surface area contributed by atoms with Crippen molar-refractivity contribution in [1.82, 2.24) is 15.3 Å². The molecular formula is C14H17ClN4O2. The van der Waals surface area contributed by atoms with Gasteiger partial charge in [-0.3, -0.25) is 4.79 Å². The molecule has 0 aromatic carbocycles. The van der Waals surface area contributed by atoms with E-state index in [-0.39, 0.29) is 18.1 Å². The van der Waals surface area contributed by atoms with E-state index in [0.29, 0.717) is 22.5 Å². The molecule has 2 aromatic rings.